The third-order valence-corrected chi connectivity index (χ3v) is 6.09. The van der Waals surface area contributed by atoms with Crippen molar-refractivity contribution < 1.29 is 9.47 Å². The molecule has 3 aromatic carbocycles. The van der Waals surface area contributed by atoms with Gasteiger partial charge in [-0.05, 0) is 48.9 Å². The molecule has 5 nitrogen and oxygen atoms in total. The Morgan fingerprint density at radius 2 is 1.73 bits per heavy atom. The minimum absolute atomic E-state index is 0.188. The Morgan fingerprint density at radius 1 is 0.939 bits per heavy atom. The molecule has 0 unspecified atom stereocenters. The quantitative estimate of drug-likeness (QED) is 0.232. The van der Waals surface area contributed by atoms with Gasteiger partial charge < -0.3 is 19.8 Å². The van der Waals surface area contributed by atoms with Crippen LogP contribution in [0.5, 0.6) is 11.5 Å². The lowest BCUT2D eigenvalue weighted by Gasteiger charge is -2.16. The van der Waals surface area contributed by atoms with Crippen molar-refractivity contribution in [1.82, 2.24) is 15.3 Å². The zero-order valence-corrected chi connectivity index (χ0v) is 20.4. The van der Waals surface area contributed by atoms with Gasteiger partial charge in [0.25, 0.3) is 0 Å². The number of aromatic amines is 1. The maximum absolute atomic E-state index is 6.56. The number of rotatable bonds is 10. The first-order chi connectivity index (χ1) is 16.0. The minimum Gasteiger partial charge on any atom is -0.490 e. The fraction of sp³-hybridized carbons (Fsp3) is 0.240. The van der Waals surface area contributed by atoms with Gasteiger partial charge in [0.2, 0.25) is 0 Å². The maximum Gasteiger partial charge on any atom is 0.180 e. The fourth-order valence-corrected chi connectivity index (χ4v) is 4.30. The summed E-state index contributed by atoms with van der Waals surface area (Å²) >= 11 is 19.1. The van der Waals surface area contributed by atoms with Crippen LogP contribution in [0.2, 0.25) is 15.1 Å². The van der Waals surface area contributed by atoms with E-state index in [2.05, 4.69) is 15.3 Å². The molecule has 0 saturated heterocycles. The normalized spacial score (nSPS) is 11.2. The standard InChI is InChI=1S/C25H24Cl3N3O2/c1-2-32-23-13-16(14-29-11-10-24-30-21-8-3-4-9-22(21)31-24)12-20(28)25(23)33-15-17-18(26)6-5-7-19(17)27/h3-9,12-13,29H,2,10-11,14-15H2,1H3,(H,30,31). The number of hydrogen-bond acceptors (Lipinski definition) is 4. The Balaban J connectivity index is 1.39. The van der Waals surface area contributed by atoms with Crippen molar-refractivity contribution in [2.75, 3.05) is 13.2 Å². The molecule has 4 rings (SSSR count). The molecule has 0 atom stereocenters. The summed E-state index contributed by atoms with van der Waals surface area (Å²) in [6.07, 6.45) is 0.792. The third-order valence-electron chi connectivity index (χ3n) is 5.10. The first kappa shape index (κ1) is 23.7. The number of imidazole rings is 1. The summed E-state index contributed by atoms with van der Waals surface area (Å²) < 4.78 is 11.8. The highest BCUT2D eigenvalue weighted by atomic mass is 35.5. The molecule has 0 bridgehead atoms. The summed E-state index contributed by atoms with van der Waals surface area (Å²) in [5.74, 6) is 2.02. The molecule has 0 saturated carbocycles. The van der Waals surface area contributed by atoms with Gasteiger partial charge in [-0.2, -0.15) is 0 Å². The van der Waals surface area contributed by atoms with Crippen LogP contribution in [0, 0.1) is 0 Å². The fourth-order valence-electron chi connectivity index (χ4n) is 3.50. The van der Waals surface area contributed by atoms with E-state index in [-0.39, 0.29) is 6.61 Å². The number of benzene rings is 3. The highest BCUT2D eigenvalue weighted by Crippen LogP contribution is 2.38. The molecule has 0 fully saturated rings. The van der Waals surface area contributed by atoms with Gasteiger partial charge >= 0.3 is 0 Å². The molecule has 0 amide bonds. The summed E-state index contributed by atoms with van der Waals surface area (Å²) in [5, 5.41) is 4.99. The second kappa shape index (κ2) is 11.1. The molecule has 0 aliphatic carbocycles. The van der Waals surface area contributed by atoms with E-state index < -0.39 is 0 Å². The number of aromatic nitrogens is 2. The summed E-state index contributed by atoms with van der Waals surface area (Å²) in [6, 6.07) is 17.2. The van der Waals surface area contributed by atoms with Gasteiger partial charge in [-0.15, -0.1) is 0 Å². The predicted octanol–water partition coefficient (Wildman–Crippen LogP) is 6.83. The number of para-hydroxylation sites is 2. The first-order valence-electron chi connectivity index (χ1n) is 10.7. The molecular formula is C25H24Cl3N3O2. The van der Waals surface area contributed by atoms with Gasteiger partial charge in [-0.25, -0.2) is 4.98 Å². The van der Waals surface area contributed by atoms with Crippen LogP contribution in [0.15, 0.2) is 54.6 Å². The number of nitrogens with one attached hydrogen (secondary N) is 2. The Hall–Kier alpha value is -2.44. The Kier molecular flexibility index (Phi) is 7.99. The van der Waals surface area contributed by atoms with Crippen molar-refractivity contribution in [3.63, 3.8) is 0 Å². The van der Waals surface area contributed by atoms with E-state index in [1.807, 2.05) is 43.3 Å². The topological polar surface area (TPSA) is 59.2 Å². The molecule has 0 aliphatic heterocycles. The number of ether oxygens (including phenoxy) is 2. The minimum atomic E-state index is 0.188. The first-order valence-corrected chi connectivity index (χ1v) is 11.8. The highest BCUT2D eigenvalue weighted by Gasteiger charge is 2.15. The lowest BCUT2D eigenvalue weighted by atomic mass is 10.2. The van der Waals surface area contributed by atoms with Gasteiger partial charge in [0.15, 0.2) is 11.5 Å². The Bertz CT molecular complexity index is 1190. The second-order valence-electron chi connectivity index (χ2n) is 7.45. The Labute approximate surface area is 208 Å². The third kappa shape index (κ3) is 5.92. The average Bonchev–Trinajstić information content (AvgIpc) is 3.21. The van der Waals surface area contributed by atoms with E-state index in [0.717, 1.165) is 35.4 Å². The van der Waals surface area contributed by atoms with Crippen molar-refractivity contribution in [2.24, 2.45) is 0 Å². The zero-order valence-electron chi connectivity index (χ0n) is 18.1. The molecule has 1 aromatic heterocycles. The van der Waals surface area contributed by atoms with Crippen LogP contribution in [0.3, 0.4) is 0 Å². The van der Waals surface area contributed by atoms with Crippen molar-refractivity contribution in [1.29, 1.82) is 0 Å². The number of fused-ring (bicyclic) bond motifs is 1. The summed E-state index contributed by atoms with van der Waals surface area (Å²) in [6.45, 7) is 4.00. The van der Waals surface area contributed by atoms with Gasteiger partial charge in [0.05, 0.1) is 22.7 Å². The predicted molar refractivity (Wildman–Crippen MR) is 135 cm³/mol. The highest BCUT2D eigenvalue weighted by molar-refractivity contribution is 6.36. The van der Waals surface area contributed by atoms with Gasteiger partial charge in [-0.1, -0.05) is 53.0 Å². The summed E-state index contributed by atoms with van der Waals surface area (Å²) in [4.78, 5) is 7.95. The average molecular weight is 505 g/mol. The molecule has 4 aromatic rings. The monoisotopic (exact) mass is 503 g/mol. The van der Waals surface area contributed by atoms with E-state index >= 15 is 0 Å². The molecule has 0 spiro atoms. The van der Waals surface area contributed by atoms with E-state index in [1.165, 1.54) is 0 Å². The molecule has 0 radical (unpaired) electrons. The number of nitrogens with zero attached hydrogens (tertiary/aromatic N) is 1. The second-order valence-corrected chi connectivity index (χ2v) is 8.68. The molecule has 2 N–H and O–H groups in total. The number of hydrogen-bond donors (Lipinski definition) is 2. The number of halogens is 3. The lowest BCUT2D eigenvalue weighted by Crippen LogP contribution is -2.17. The van der Waals surface area contributed by atoms with Crippen molar-refractivity contribution in [3.05, 3.63) is 86.6 Å². The van der Waals surface area contributed by atoms with Crippen LogP contribution in [0.25, 0.3) is 11.0 Å². The van der Waals surface area contributed by atoms with Crippen LogP contribution in [0.4, 0.5) is 0 Å². The zero-order chi connectivity index (χ0) is 23.2. The maximum atomic E-state index is 6.56. The summed E-state index contributed by atoms with van der Waals surface area (Å²) in [5.41, 5.74) is 3.73. The van der Waals surface area contributed by atoms with Crippen LogP contribution in [-0.4, -0.2) is 23.1 Å². The Morgan fingerprint density at radius 3 is 2.48 bits per heavy atom. The molecular weight excluding hydrogens is 481 g/mol. The molecule has 33 heavy (non-hydrogen) atoms. The smallest absolute Gasteiger partial charge is 0.180 e. The number of H-pyrrole nitrogens is 1. The molecule has 0 aliphatic rings. The molecule has 8 heteroatoms. The molecule has 1 heterocycles. The lowest BCUT2D eigenvalue weighted by molar-refractivity contribution is 0.269. The van der Waals surface area contributed by atoms with Crippen LogP contribution < -0.4 is 14.8 Å². The summed E-state index contributed by atoms with van der Waals surface area (Å²) in [7, 11) is 0. The van der Waals surface area contributed by atoms with Crippen LogP contribution in [-0.2, 0) is 19.6 Å². The van der Waals surface area contributed by atoms with Crippen molar-refractivity contribution in [3.8, 4) is 11.5 Å². The van der Waals surface area contributed by atoms with Crippen molar-refractivity contribution >= 4 is 45.8 Å². The van der Waals surface area contributed by atoms with Crippen LogP contribution in [0.1, 0.15) is 23.9 Å². The van der Waals surface area contributed by atoms with E-state index in [1.54, 1.807) is 18.2 Å². The van der Waals surface area contributed by atoms with E-state index in [0.29, 0.717) is 45.3 Å². The van der Waals surface area contributed by atoms with Crippen LogP contribution >= 0.6 is 34.8 Å². The molecule has 172 valence electrons. The van der Waals surface area contributed by atoms with E-state index in [4.69, 9.17) is 44.3 Å². The SMILES string of the molecule is CCOc1cc(CNCCc2nc3ccccc3[nH]2)cc(Cl)c1OCc1c(Cl)cccc1Cl. The van der Waals surface area contributed by atoms with Gasteiger partial charge in [-0.3, -0.25) is 0 Å². The largest absolute Gasteiger partial charge is 0.490 e. The van der Waals surface area contributed by atoms with Gasteiger partial charge in [0.1, 0.15) is 12.4 Å². The van der Waals surface area contributed by atoms with Gasteiger partial charge in [0, 0.05) is 35.1 Å². The van der Waals surface area contributed by atoms with Crippen molar-refractivity contribution in [2.45, 2.75) is 26.5 Å². The van der Waals surface area contributed by atoms with E-state index in [9.17, 15) is 0 Å².